The Morgan fingerprint density at radius 1 is 0.950 bits per heavy atom. The number of carbonyl (C=O) groups excluding carboxylic acids is 1. The summed E-state index contributed by atoms with van der Waals surface area (Å²) in [4.78, 5) is 23.3. The first-order valence-corrected chi connectivity index (χ1v) is 5.88. The molecule has 0 saturated heterocycles. The number of carbonyl (C=O) groups is 1. The van der Waals surface area contributed by atoms with Gasteiger partial charge in [-0.1, -0.05) is 24.3 Å². The smallest absolute Gasteiger partial charge is 0.197 e. The fraction of sp³-hybridized carbons (Fsp3) is 0.0667. The lowest BCUT2D eigenvalue weighted by atomic mass is 10.1. The molecule has 20 heavy (non-hydrogen) atoms. The second kappa shape index (κ2) is 5.14. The highest BCUT2D eigenvalue weighted by Crippen LogP contribution is 2.18. The van der Waals surface area contributed by atoms with E-state index in [1.807, 2.05) is 0 Å². The van der Waals surface area contributed by atoms with Crippen LogP contribution < -0.4 is 16.7 Å². The van der Waals surface area contributed by atoms with Crippen molar-refractivity contribution >= 4 is 27.8 Å². The highest BCUT2D eigenvalue weighted by molar-refractivity contribution is 5.94. The summed E-state index contributed by atoms with van der Waals surface area (Å²) in [5, 5.41) is 12.0. The fourth-order valence-corrected chi connectivity index (χ4v) is 2.38. The zero-order valence-electron chi connectivity index (χ0n) is 11.0. The van der Waals surface area contributed by atoms with Crippen LogP contribution in [-0.4, -0.2) is 10.5 Å². The van der Waals surface area contributed by atoms with Gasteiger partial charge in [0.05, 0.1) is 23.5 Å². The van der Waals surface area contributed by atoms with Crippen LogP contribution in [0.1, 0.15) is 0 Å². The summed E-state index contributed by atoms with van der Waals surface area (Å²) in [6.45, 7) is -0.276. The molecule has 0 bridgehead atoms. The van der Waals surface area contributed by atoms with Gasteiger partial charge < -0.3 is 20.6 Å². The second-order valence-corrected chi connectivity index (χ2v) is 4.32. The molecule has 5 heteroatoms. The van der Waals surface area contributed by atoms with Crippen molar-refractivity contribution in [3.8, 4) is 0 Å². The molecule has 0 spiro atoms. The molecular weight excluding hydrogens is 256 g/mol. The molecule has 2 aromatic carbocycles. The molecule has 1 aromatic heterocycles. The number of aromatic nitrogens is 1. The summed E-state index contributed by atoms with van der Waals surface area (Å²) in [7, 11) is 0. The van der Waals surface area contributed by atoms with Gasteiger partial charge in [-0.3, -0.25) is 4.79 Å². The minimum atomic E-state index is -1.18. The maximum absolute atomic E-state index is 12.3. The first-order valence-electron chi connectivity index (χ1n) is 5.88. The molecule has 0 aliphatic rings. The molecule has 4 N–H and O–H groups in total. The lowest BCUT2D eigenvalue weighted by Gasteiger charge is -2.15. The van der Waals surface area contributed by atoms with Crippen LogP contribution in [0.2, 0.25) is 0 Å². The number of pyridine rings is 1. The van der Waals surface area contributed by atoms with Crippen LogP contribution in [0.15, 0.2) is 53.3 Å². The van der Waals surface area contributed by atoms with Crippen LogP contribution >= 0.6 is 0 Å². The Labute approximate surface area is 114 Å². The number of quaternary nitrogens is 1. The van der Waals surface area contributed by atoms with Crippen molar-refractivity contribution in [1.82, 2.24) is 10.7 Å². The Morgan fingerprint density at radius 3 is 1.85 bits per heavy atom. The van der Waals surface area contributed by atoms with Crippen LogP contribution in [0.25, 0.3) is 21.8 Å². The van der Waals surface area contributed by atoms with E-state index in [4.69, 9.17) is 0 Å². The molecule has 0 aliphatic heterocycles. The van der Waals surface area contributed by atoms with Gasteiger partial charge in [-0.05, 0) is 24.3 Å². The SMILES string of the molecule is O=C([O-])Cn1c2ccccc2c(=O)c2ccccc21.[NH4+]. The summed E-state index contributed by atoms with van der Waals surface area (Å²) in [6, 6.07) is 14.0. The molecule has 0 radical (unpaired) electrons. The number of rotatable bonds is 2. The van der Waals surface area contributed by atoms with E-state index in [9.17, 15) is 14.7 Å². The van der Waals surface area contributed by atoms with E-state index in [2.05, 4.69) is 0 Å². The van der Waals surface area contributed by atoms with Crippen molar-refractivity contribution < 1.29 is 9.90 Å². The number of benzene rings is 2. The minimum Gasteiger partial charge on any atom is -0.548 e. The van der Waals surface area contributed by atoms with Crippen molar-refractivity contribution in [2.75, 3.05) is 0 Å². The molecule has 0 fully saturated rings. The van der Waals surface area contributed by atoms with Crippen LogP contribution in [0.4, 0.5) is 0 Å². The molecule has 3 aromatic rings. The second-order valence-electron chi connectivity index (χ2n) is 4.32. The molecule has 3 rings (SSSR count). The van der Waals surface area contributed by atoms with Gasteiger partial charge in [0.15, 0.2) is 5.43 Å². The third-order valence-corrected chi connectivity index (χ3v) is 3.17. The molecule has 1 heterocycles. The summed E-state index contributed by atoms with van der Waals surface area (Å²) < 4.78 is 1.60. The van der Waals surface area contributed by atoms with Crippen LogP contribution in [-0.2, 0) is 11.3 Å². The van der Waals surface area contributed by atoms with Gasteiger partial charge in [-0.15, -0.1) is 0 Å². The minimum absolute atomic E-state index is 0. The van der Waals surface area contributed by atoms with Gasteiger partial charge in [0.25, 0.3) is 0 Å². The molecule has 0 amide bonds. The number of carboxylic acids is 1. The maximum Gasteiger partial charge on any atom is 0.197 e. The third kappa shape index (κ3) is 2.04. The summed E-state index contributed by atoms with van der Waals surface area (Å²) in [5.74, 6) is -1.18. The number of hydrogen-bond acceptors (Lipinski definition) is 3. The molecule has 0 atom stereocenters. The van der Waals surface area contributed by atoms with E-state index >= 15 is 0 Å². The third-order valence-electron chi connectivity index (χ3n) is 3.17. The molecule has 102 valence electrons. The normalized spacial score (nSPS) is 10.4. The van der Waals surface area contributed by atoms with Gasteiger partial charge in [0.1, 0.15) is 0 Å². The first kappa shape index (κ1) is 13.8. The van der Waals surface area contributed by atoms with Crippen LogP contribution in [0.5, 0.6) is 0 Å². The predicted molar refractivity (Wildman–Crippen MR) is 76.7 cm³/mol. The average molecular weight is 270 g/mol. The molecule has 0 unspecified atom stereocenters. The summed E-state index contributed by atoms with van der Waals surface area (Å²) in [6.07, 6.45) is 0. The Morgan fingerprint density at radius 2 is 1.40 bits per heavy atom. The quantitative estimate of drug-likeness (QED) is 0.710. The molecule has 5 nitrogen and oxygen atoms in total. The topological polar surface area (TPSA) is 98.6 Å². The number of hydrogen-bond donors (Lipinski definition) is 1. The van der Waals surface area contributed by atoms with E-state index in [0.717, 1.165) is 0 Å². The first-order chi connectivity index (χ1) is 9.18. The number of nitrogens with zero attached hydrogens (tertiary/aromatic N) is 1. The summed E-state index contributed by atoms with van der Waals surface area (Å²) >= 11 is 0. The lowest BCUT2D eigenvalue weighted by molar-refractivity contribution is -0.306. The van der Waals surface area contributed by atoms with Crippen LogP contribution in [0, 0.1) is 0 Å². The van der Waals surface area contributed by atoms with Gasteiger partial charge >= 0.3 is 0 Å². The van der Waals surface area contributed by atoms with Crippen molar-refractivity contribution in [3.05, 3.63) is 58.8 Å². The van der Waals surface area contributed by atoms with E-state index in [-0.39, 0.29) is 18.1 Å². The zero-order chi connectivity index (χ0) is 13.4. The average Bonchev–Trinajstić information content (AvgIpc) is 2.43. The zero-order valence-corrected chi connectivity index (χ0v) is 11.0. The number of carboxylic acid groups (broad SMARTS) is 1. The van der Waals surface area contributed by atoms with Crippen molar-refractivity contribution in [2.45, 2.75) is 6.54 Å². The Hall–Kier alpha value is -2.66. The van der Waals surface area contributed by atoms with E-state index < -0.39 is 5.97 Å². The predicted octanol–water partition coefficient (Wildman–Crippen LogP) is 1.28. The number of aliphatic carboxylic acids is 1. The van der Waals surface area contributed by atoms with Gasteiger partial charge in [0.2, 0.25) is 0 Å². The molecular formula is C15H14N2O3. The largest absolute Gasteiger partial charge is 0.548 e. The van der Waals surface area contributed by atoms with Gasteiger partial charge in [-0.25, -0.2) is 0 Å². The summed E-state index contributed by atoms with van der Waals surface area (Å²) in [5.41, 5.74) is 1.13. The van der Waals surface area contributed by atoms with Gasteiger partial charge in [-0.2, -0.15) is 0 Å². The number of fused-ring (bicyclic) bond motifs is 2. The van der Waals surface area contributed by atoms with Crippen molar-refractivity contribution in [1.29, 1.82) is 0 Å². The van der Waals surface area contributed by atoms with E-state index in [1.54, 1.807) is 53.1 Å². The highest BCUT2D eigenvalue weighted by atomic mass is 16.4. The van der Waals surface area contributed by atoms with E-state index in [1.165, 1.54) is 0 Å². The Bertz CT molecular complexity index is 792. The standard InChI is InChI=1S/C15H11NO3.H3N/c17-14(18)9-16-12-7-3-1-5-10(12)15(19)11-6-2-4-8-13(11)16;/h1-8H,9H2,(H,17,18);1H3. The van der Waals surface area contributed by atoms with Gasteiger partial charge in [0, 0.05) is 10.8 Å². The number of para-hydroxylation sites is 2. The molecule has 0 aliphatic carbocycles. The molecule has 0 saturated carbocycles. The Balaban J connectivity index is 0.00000147. The lowest BCUT2D eigenvalue weighted by Crippen LogP contribution is -2.28. The van der Waals surface area contributed by atoms with Crippen LogP contribution in [0.3, 0.4) is 0 Å². The Kier molecular flexibility index (Phi) is 3.54. The monoisotopic (exact) mass is 270 g/mol. The fourth-order valence-electron chi connectivity index (χ4n) is 2.38. The maximum atomic E-state index is 12.3. The van der Waals surface area contributed by atoms with Crippen molar-refractivity contribution in [2.24, 2.45) is 0 Å². The highest BCUT2D eigenvalue weighted by Gasteiger charge is 2.09. The van der Waals surface area contributed by atoms with E-state index in [0.29, 0.717) is 21.8 Å². The van der Waals surface area contributed by atoms with Crippen molar-refractivity contribution in [3.63, 3.8) is 0 Å².